The maximum Gasteiger partial charge on any atom is 0.250 e. The zero-order valence-corrected chi connectivity index (χ0v) is 10.8. The van der Waals surface area contributed by atoms with Crippen LogP contribution >= 0.6 is 0 Å². The minimum Gasteiger partial charge on any atom is -0.399 e. The van der Waals surface area contributed by atoms with Crippen LogP contribution in [0.5, 0.6) is 0 Å². The fourth-order valence-electron chi connectivity index (χ4n) is 1.95. The van der Waals surface area contributed by atoms with Crippen molar-refractivity contribution in [2.75, 3.05) is 11.1 Å². The lowest BCUT2D eigenvalue weighted by atomic mass is 10.1. The molecule has 4 nitrogen and oxygen atoms in total. The Balaban J connectivity index is 2.28. The van der Waals surface area contributed by atoms with E-state index in [0.29, 0.717) is 16.9 Å². The minimum absolute atomic E-state index is 0.0566. The van der Waals surface area contributed by atoms with Crippen LogP contribution in [0.4, 0.5) is 11.4 Å². The predicted octanol–water partition coefficient (Wildman–Crippen LogP) is 2.54. The Kier molecular flexibility index (Phi) is 3.71. The number of nitrogens with one attached hydrogen (secondary N) is 1. The van der Waals surface area contributed by atoms with Gasteiger partial charge in [-0.15, -0.1) is 0 Å². The lowest BCUT2D eigenvalue weighted by Gasteiger charge is -2.18. The number of carbonyl (C=O) groups excluding carboxylic acids is 1. The van der Waals surface area contributed by atoms with E-state index in [0.717, 1.165) is 5.56 Å². The molecule has 0 radical (unpaired) electrons. The van der Waals surface area contributed by atoms with Crippen molar-refractivity contribution < 1.29 is 4.79 Å². The van der Waals surface area contributed by atoms with Gasteiger partial charge in [-0.2, -0.15) is 0 Å². The molecule has 0 saturated heterocycles. The van der Waals surface area contributed by atoms with E-state index in [-0.39, 0.29) is 6.04 Å². The number of nitrogens with two attached hydrogens (primary N) is 2. The summed E-state index contributed by atoms with van der Waals surface area (Å²) >= 11 is 0. The van der Waals surface area contributed by atoms with E-state index in [1.807, 2.05) is 37.3 Å². The molecule has 1 unspecified atom stereocenters. The lowest BCUT2D eigenvalue weighted by Crippen LogP contribution is -2.16. The number of anilines is 2. The topological polar surface area (TPSA) is 81.1 Å². The highest BCUT2D eigenvalue weighted by molar-refractivity contribution is 5.99. The molecule has 0 aliphatic rings. The van der Waals surface area contributed by atoms with Crippen molar-refractivity contribution in [3.05, 3.63) is 59.7 Å². The molecule has 2 rings (SSSR count). The summed E-state index contributed by atoms with van der Waals surface area (Å²) < 4.78 is 0. The van der Waals surface area contributed by atoms with E-state index in [1.54, 1.807) is 18.2 Å². The molecule has 0 saturated carbocycles. The molecule has 0 aliphatic carbocycles. The summed E-state index contributed by atoms with van der Waals surface area (Å²) in [5.41, 5.74) is 13.9. The number of amides is 1. The maximum atomic E-state index is 11.4. The van der Waals surface area contributed by atoms with E-state index in [1.165, 1.54) is 0 Å². The summed E-state index contributed by atoms with van der Waals surface area (Å²) in [6, 6.07) is 15.0. The lowest BCUT2D eigenvalue weighted by molar-refractivity contribution is 0.100. The van der Waals surface area contributed by atoms with Crippen LogP contribution in [0.2, 0.25) is 0 Å². The highest BCUT2D eigenvalue weighted by atomic mass is 16.1. The zero-order chi connectivity index (χ0) is 13.8. The van der Waals surface area contributed by atoms with Crippen LogP contribution < -0.4 is 16.8 Å². The minimum atomic E-state index is -0.470. The zero-order valence-electron chi connectivity index (χ0n) is 10.8. The molecule has 1 atom stereocenters. The molecule has 2 aromatic carbocycles. The third-order valence-electron chi connectivity index (χ3n) is 2.98. The van der Waals surface area contributed by atoms with Gasteiger partial charge in [0, 0.05) is 17.4 Å². The number of rotatable bonds is 4. The number of nitrogen functional groups attached to an aromatic ring is 1. The highest BCUT2D eigenvalue weighted by Crippen LogP contribution is 2.24. The summed E-state index contributed by atoms with van der Waals surface area (Å²) in [5.74, 6) is -0.470. The largest absolute Gasteiger partial charge is 0.399 e. The first-order valence-corrected chi connectivity index (χ1v) is 6.08. The third-order valence-corrected chi connectivity index (χ3v) is 2.98. The van der Waals surface area contributed by atoms with E-state index in [9.17, 15) is 4.79 Å². The second-order valence-electron chi connectivity index (χ2n) is 4.45. The second kappa shape index (κ2) is 5.44. The van der Waals surface area contributed by atoms with Crippen LogP contribution in [0.25, 0.3) is 0 Å². The quantitative estimate of drug-likeness (QED) is 0.734. The molecule has 1 amide bonds. The van der Waals surface area contributed by atoms with Crippen molar-refractivity contribution >= 4 is 17.3 Å². The molecule has 5 N–H and O–H groups in total. The van der Waals surface area contributed by atoms with Crippen molar-refractivity contribution in [3.8, 4) is 0 Å². The normalized spacial score (nSPS) is 11.8. The van der Waals surface area contributed by atoms with Crippen molar-refractivity contribution in [1.29, 1.82) is 0 Å². The molecule has 2 aromatic rings. The standard InChI is InChI=1S/C15H17N3O/c1-10(11-5-3-2-4-6-11)18-14-9-12(16)7-8-13(14)15(17)19/h2-10,18H,16H2,1H3,(H2,17,19). The third kappa shape index (κ3) is 3.04. The first kappa shape index (κ1) is 13.0. The van der Waals surface area contributed by atoms with Crippen molar-refractivity contribution in [1.82, 2.24) is 0 Å². The number of benzene rings is 2. The fraction of sp³-hybridized carbons (Fsp3) is 0.133. The van der Waals surface area contributed by atoms with E-state index in [2.05, 4.69) is 5.32 Å². The molecule has 19 heavy (non-hydrogen) atoms. The summed E-state index contributed by atoms with van der Waals surface area (Å²) in [5, 5.41) is 3.27. The number of carbonyl (C=O) groups is 1. The van der Waals surface area contributed by atoms with Gasteiger partial charge in [-0.25, -0.2) is 0 Å². The average Bonchev–Trinajstić information content (AvgIpc) is 2.39. The number of primary amides is 1. The Hall–Kier alpha value is -2.49. The Morgan fingerprint density at radius 2 is 1.84 bits per heavy atom. The van der Waals surface area contributed by atoms with Crippen molar-refractivity contribution in [2.24, 2.45) is 5.73 Å². The van der Waals surface area contributed by atoms with Crippen molar-refractivity contribution in [3.63, 3.8) is 0 Å². The van der Waals surface area contributed by atoms with Gasteiger partial charge in [0.1, 0.15) is 0 Å². The van der Waals surface area contributed by atoms with Gasteiger partial charge in [-0.1, -0.05) is 30.3 Å². The monoisotopic (exact) mass is 255 g/mol. The first-order chi connectivity index (χ1) is 9.08. The highest BCUT2D eigenvalue weighted by Gasteiger charge is 2.11. The van der Waals surface area contributed by atoms with Crippen LogP contribution in [0.15, 0.2) is 48.5 Å². The maximum absolute atomic E-state index is 11.4. The molecule has 0 spiro atoms. The van der Waals surface area contributed by atoms with E-state index < -0.39 is 5.91 Å². The van der Waals surface area contributed by atoms with Crippen LogP contribution in [-0.4, -0.2) is 5.91 Å². The Bertz CT molecular complexity index is 581. The first-order valence-electron chi connectivity index (χ1n) is 6.08. The van der Waals surface area contributed by atoms with Gasteiger partial charge in [0.25, 0.3) is 5.91 Å². The molecule has 98 valence electrons. The average molecular weight is 255 g/mol. The molecule has 0 aromatic heterocycles. The number of hydrogen-bond donors (Lipinski definition) is 3. The van der Waals surface area contributed by atoms with Gasteiger partial charge in [0.2, 0.25) is 0 Å². The molecule has 0 aliphatic heterocycles. The molecular weight excluding hydrogens is 238 g/mol. The Labute approximate surface area is 112 Å². The van der Waals surface area contributed by atoms with E-state index in [4.69, 9.17) is 11.5 Å². The van der Waals surface area contributed by atoms with Gasteiger partial charge in [-0.3, -0.25) is 4.79 Å². The molecule has 0 bridgehead atoms. The smallest absolute Gasteiger partial charge is 0.250 e. The van der Waals surface area contributed by atoms with Crippen LogP contribution in [0.1, 0.15) is 28.9 Å². The Morgan fingerprint density at radius 1 is 1.16 bits per heavy atom. The Morgan fingerprint density at radius 3 is 2.47 bits per heavy atom. The van der Waals surface area contributed by atoms with E-state index >= 15 is 0 Å². The van der Waals surface area contributed by atoms with Gasteiger partial charge in [-0.05, 0) is 30.7 Å². The summed E-state index contributed by atoms with van der Waals surface area (Å²) in [6.07, 6.45) is 0. The predicted molar refractivity (Wildman–Crippen MR) is 77.9 cm³/mol. The number of hydrogen-bond acceptors (Lipinski definition) is 3. The molecular formula is C15H17N3O. The second-order valence-corrected chi connectivity index (χ2v) is 4.45. The van der Waals surface area contributed by atoms with Crippen LogP contribution in [0.3, 0.4) is 0 Å². The van der Waals surface area contributed by atoms with Crippen LogP contribution in [-0.2, 0) is 0 Å². The van der Waals surface area contributed by atoms with Gasteiger partial charge >= 0.3 is 0 Å². The summed E-state index contributed by atoms with van der Waals surface area (Å²) in [6.45, 7) is 2.02. The molecule has 0 fully saturated rings. The SMILES string of the molecule is CC(Nc1cc(N)ccc1C(N)=O)c1ccccc1. The summed E-state index contributed by atoms with van der Waals surface area (Å²) in [7, 11) is 0. The van der Waals surface area contributed by atoms with Gasteiger partial charge in [0.05, 0.1) is 5.56 Å². The van der Waals surface area contributed by atoms with Crippen LogP contribution in [0, 0.1) is 0 Å². The van der Waals surface area contributed by atoms with Gasteiger partial charge < -0.3 is 16.8 Å². The summed E-state index contributed by atoms with van der Waals surface area (Å²) in [4.78, 5) is 11.4. The van der Waals surface area contributed by atoms with Gasteiger partial charge in [0.15, 0.2) is 0 Å². The molecule has 0 heterocycles. The van der Waals surface area contributed by atoms with Crippen molar-refractivity contribution in [2.45, 2.75) is 13.0 Å². The molecule has 4 heteroatoms. The fourth-order valence-corrected chi connectivity index (χ4v) is 1.95.